The van der Waals surface area contributed by atoms with Crippen molar-refractivity contribution in [3.63, 3.8) is 0 Å². The molecule has 0 amide bonds. The van der Waals surface area contributed by atoms with Crippen LogP contribution in [0.25, 0.3) is 0 Å². The molecule has 0 aromatic carbocycles. The minimum Gasteiger partial charge on any atom is -0.481 e. The molecule has 0 radical (unpaired) electrons. The summed E-state index contributed by atoms with van der Waals surface area (Å²) in [6.45, 7) is 3.16. The van der Waals surface area contributed by atoms with Crippen molar-refractivity contribution in [2.45, 2.75) is 64.1 Å². The normalized spacial score (nSPS) is 26.0. The SMILES string of the molecule is CCCCNC(=S)OCC1C(O)CC(O)C1C/C=C/CCCC(=O)O. The summed E-state index contributed by atoms with van der Waals surface area (Å²) in [6.07, 6.45) is 7.27. The Morgan fingerprint density at radius 1 is 1.24 bits per heavy atom. The van der Waals surface area contributed by atoms with E-state index in [0.29, 0.717) is 30.9 Å². The molecule has 1 rings (SSSR count). The third-order valence-corrected chi connectivity index (χ3v) is 4.83. The Bertz CT molecular complexity index is 443. The zero-order valence-corrected chi connectivity index (χ0v) is 15.7. The maximum Gasteiger partial charge on any atom is 0.303 e. The van der Waals surface area contributed by atoms with E-state index in [1.54, 1.807) is 0 Å². The van der Waals surface area contributed by atoms with Gasteiger partial charge in [-0.05, 0) is 50.2 Å². The van der Waals surface area contributed by atoms with Crippen LogP contribution in [-0.2, 0) is 9.53 Å². The van der Waals surface area contributed by atoms with E-state index in [9.17, 15) is 15.0 Å². The van der Waals surface area contributed by atoms with Crippen molar-refractivity contribution < 1.29 is 24.9 Å². The average molecular weight is 374 g/mol. The smallest absolute Gasteiger partial charge is 0.303 e. The van der Waals surface area contributed by atoms with Crippen molar-refractivity contribution in [1.29, 1.82) is 0 Å². The van der Waals surface area contributed by atoms with Gasteiger partial charge in [0.2, 0.25) is 0 Å². The largest absolute Gasteiger partial charge is 0.481 e. The summed E-state index contributed by atoms with van der Waals surface area (Å²) in [5.74, 6) is -1.03. The number of carboxylic acid groups (broad SMARTS) is 1. The van der Waals surface area contributed by atoms with Crippen LogP contribution < -0.4 is 5.32 Å². The molecule has 0 heterocycles. The van der Waals surface area contributed by atoms with Crippen LogP contribution in [0, 0.1) is 11.8 Å². The number of ether oxygens (including phenoxy) is 1. The van der Waals surface area contributed by atoms with Gasteiger partial charge in [-0.15, -0.1) is 0 Å². The molecule has 0 saturated heterocycles. The summed E-state index contributed by atoms with van der Waals surface area (Å²) < 4.78 is 5.55. The van der Waals surface area contributed by atoms with Crippen LogP contribution >= 0.6 is 12.2 Å². The number of allylic oxidation sites excluding steroid dienone is 2. The van der Waals surface area contributed by atoms with Gasteiger partial charge < -0.3 is 25.4 Å². The van der Waals surface area contributed by atoms with Crippen molar-refractivity contribution >= 4 is 23.4 Å². The molecule has 0 bridgehead atoms. The second-order valence-electron chi connectivity index (χ2n) is 6.57. The van der Waals surface area contributed by atoms with Crippen molar-refractivity contribution in [3.05, 3.63) is 12.2 Å². The number of rotatable bonds is 11. The molecule has 6 nitrogen and oxygen atoms in total. The Morgan fingerprint density at radius 3 is 2.64 bits per heavy atom. The first kappa shape index (κ1) is 21.9. The molecule has 4 atom stereocenters. The summed E-state index contributed by atoms with van der Waals surface area (Å²) in [7, 11) is 0. The number of unbranched alkanes of at least 4 members (excludes halogenated alkanes) is 2. The number of aliphatic carboxylic acids is 1. The number of nitrogens with one attached hydrogen (secondary N) is 1. The Morgan fingerprint density at radius 2 is 1.96 bits per heavy atom. The predicted molar refractivity (Wildman–Crippen MR) is 100 cm³/mol. The topological polar surface area (TPSA) is 99.0 Å². The highest BCUT2D eigenvalue weighted by Crippen LogP contribution is 2.35. The van der Waals surface area contributed by atoms with E-state index < -0.39 is 18.2 Å². The second kappa shape index (κ2) is 12.2. The van der Waals surface area contributed by atoms with Crippen LogP contribution in [0.4, 0.5) is 0 Å². The fraction of sp³-hybridized carbons (Fsp3) is 0.778. The first-order valence-electron chi connectivity index (χ1n) is 9.09. The number of carbonyl (C=O) groups is 1. The molecule has 4 unspecified atom stereocenters. The third-order valence-electron chi connectivity index (χ3n) is 4.56. The zero-order valence-electron chi connectivity index (χ0n) is 14.9. The van der Waals surface area contributed by atoms with Crippen LogP contribution in [0.5, 0.6) is 0 Å². The van der Waals surface area contributed by atoms with E-state index in [2.05, 4.69) is 12.2 Å². The van der Waals surface area contributed by atoms with E-state index in [0.717, 1.165) is 19.4 Å². The average Bonchev–Trinajstić information content (AvgIpc) is 2.82. The molecule has 144 valence electrons. The summed E-state index contributed by atoms with van der Waals surface area (Å²) in [5, 5.41) is 32.3. The molecule has 1 aliphatic carbocycles. The fourth-order valence-electron chi connectivity index (χ4n) is 3.07. The highest BCUT2D eigenvalue weighted by Gasteiger charge is 2.41. The van der Waals surface area contributed by atoms with Gasteiger partial charge in [-0.3, -0.25) is 4.79 Å². The molecule has 0 aromatic heterocycles. The van der Waals surface area contributed by atoms with E-state index in [1.807, 2.05) is 12.2 Å². The Balaban J connectivity index is 2.38. The predicted octanol–water partition coefficient (Wildman–Crippen LogP) is 2.24. The highest BCUT2D eigenvalue weighted by molar-refractivity contribution is 7.80. The van der Waals surface area contributed by atoms with Crippen molar-refractivity contribution in [3.8, 4) is 0 Å². The van der Waals surface area contributed by atoms with Gasteiger partial charge in [-0.1, -0.05) is 25.5 Å². The van der Waals surface area contributed by atoms with Gasteiger partial charge in [-0.2, -0.15) is 0 Å². The van der Waals surface area contributed by atoms with E-state index >= 15 is 0 Å². The second-order valence-corrected chi connectivity index (χ2v) is 6.94. The Hall–Kier alpha value is -1.18. The molecule has 0 aliphatic heterocycles. The highest BCUT2D eigenvalue weighted by atomic mass is 32.1. The number of hydrogen-bond donors (Lipinski definition) is 4. The van der Waals surface area contributed by atoms with Crippen molar-refractivity contribution in [1.82, 2.24) is 5.32 Å². The van der Waals surface area contributed by atoms with Crippen molar-refractivity contribution in [2.75, 3.05) is 13.2 Å². The third kappa shape index (κ3) is 8.65. The van der Waals surface area contributed by atoms with Gasteiger partial charge in [0.05, 0.1) is 18.8 Å². The number of aliphatic hydroxyl groups excluding tert-OH is 2. The van der Waals surface area contributed by atoms with Crippen molar-refractivity contribution in [2.24, 2.45) is 11.8 Å². The van der Waals surface area contributed by atoms with Crippen LogP contribution in [0.3, 0.4) is 0 Å². The van der Waals surface area contributed by atoms with E-state index in [1.165, 1.54) is 0 Å². The molecule has 0 spiro atoms. The molecule has 0 aromatic rings. The number of hydrogen-bond acceptors (Lipinski definition) is 5. The molecular weight excluding hydrogens is 342 g/mol. The van der Waals surface area contributed by atoms with Gasteiger partial charge in [0.1, 0.15) is 0 Å². The molecule has 1 fully saturated rings. The van der Waals surface area contributed by atoms with Gasteiger partial charge in [0.15, 0.2) is 0 Å². The van der Waals surface area contributed by atoms with Gasteiger partial charge >= 0.3 is 5.97 Å². The lowest BCUT2D eigenvalue weighted by atomic mass is 9.91. The van der Waals surface area contributed by atoms with E-state index in [4.69, 9.17) is 22.1 Å². The fourth-order valence-corrected chi connectivity index (χ4v) is 3.24. The quantitative estimate of drug-likeness (QED) is 0.250. The van der Waals surface area contributed by atoms with Crippen LogP contribution in [0.15, 0.2) is 12.2 Å². The van der Waals surface area contributed by atoms with Crippen LogP contribution in [0.2, 0.25) is 0 Å². The minimum atomic E-state index is -0.788. The van der Waals surface area contributed by atoms with Gasteiger partial charge in [0, 0.05) is 18.9 Å². The molecule has 4 N–H and O–H groups in total. The standard InChI is InChI=1S/C18H31NO5S/c1-2-3-10-19-18(25)24-12-14-13(15(20)11-16(14)21)8-6-4-5-7-9-17(22)23/h4,6,13-16,20-21H,2-3,5,7-12H2,1H3,(H,19,25)(H,22,23)/b6-4+. The summed E-state index contributed by atoms with van der Waals surface area (Å²) in [6, 6.07) is 0. The van der Waals surface area contributed by atoms with Crippen LogP contribution in [0.1, 0.15) is 51.9 Å². The summed E-state index contributed by atoms with van der Waals surface area (Å²) in [4.78, 5) is 10.5. The maximum atomic E-state index is 10.5. The Kier molecular flexibility index (Phi) is 10.7. The van der Waals surface area contributed by atoms with Gasteiger partial charge in [0.25, 0.3) is 5.17 Å². The number of carboxylic acids is 1. The Labute approximate surface area is 155 Å². The molecular formula is C18H31NO5S. The van der Waals surface area contributed by atoms with E-state index in [-0.39, 0.29) is 24.9 Å². The lowest BCUT2D eigenvalue weighted by Crippen LogP contribution is -2.31. The molecule has 1 saturated carbocycles. The first-order chi connectivity index (χ1) is 12.0. The molecule has 1 aliphatic rings. The number of aliphatic hydroxyl groups is 2. The maximum absolute atomic E-state index is 10.5. The lowest BCUT2D eigenvalue weighted by molar-refractivity contribution is -0.137. The minimum absolute atomic E-state index is 0.0795. The van der Waals surface area contributed by atoms with Gasteiger partial charge in [-0.25, -0.2) is 0 Å². The first-order valence-corrected chi connectivity index (χ1v) is 9.50. The summed E-state index contributed by atoms with van der Waals surface area (Å²) in [5.41, 5.74) is 0. The lowest BCUT2D eigenvalue weighted by Gasteiger charge is -2.23. The monoisotopic (exact) mass is 373 g/mol. The molecule has 7 heteroatoms. The zero-order chi connectivity index (χ0) is 18.7. The number of thiocarbonyl (C=S) groups is 1. The summed E-state index contributed by atoms with van der Waals surface area (Å²) >= 11 is 5.13. The molecule has 25 heavy (non-hydrogen) atoms. The van der Waals surface area contributed by atoms with Crippen LogP contribution in [-0.4, -0.2) is 51.8 Å².